The normalized spacial score (nSPS) is 15.4. The molecule has 1 heterocycles. The van der Waals surface area contributed by atoms with Crippen molar-refractivity contribution in [1.82, 2.24) is 0 Å². The van der Waals surface area contributed by atoms with Gasteiger partial charge in [0.15, 0.2) is 0 Å². The molecule has 110 valence electrons. The molecule has 21 heavy (non-hydrogen) atoms. The van der Waals surface area contributed by atoms with E-state index < -0.39 is 17.8 Å². The Morgan fingerprint density at radius 2 is 1.71 bits per heavy atom. The lowest BCUT2D eigenvalue weighted by molar-refractivity contribution is -0.138. The van der Waals surface area contributed by atoms with Crippen LogP contribution >= 0.6 is 0 Å². The Hall–Kier alpha value is -2.01. The molecule has 1 aliphatic rings. The molecule has 1 aliphatic heterocycles. The molecule has 0 spiro atoms. The smallest absolute Gasteiger partial charge is 0.416 e. The predicted octanol–water partition coefficient (Wildman–Crippen LogP) is 3.69. The maximum atomic E-state index is 13.1. The van der Waals surface area contributed by atoms with Crippen LogP contribution in [0.1, 0.15) is 28.3 Å². The van der Waals surface area contributed by atoms with Crippen LogP contribution in [0.15, 0.2) is 42.5 Å². The first-order chi connectivity index (χ1) is 9.98. The maximum Gasteiger partial charge on any atom is 0.416 e. The van der Waals surface area contributed by atoms with Gasteiger partial charge < -0.3 is 10.5 Å². The molecule has 0 aromatic heterocycles. The molecular formula is C16H14F3NO. The third-order valence-corrected chi connectivity index (χ3v) is 3.68. The largest absolute Gasteiger partial charge is 0.493 e. The summed E-state index contributed by atoms with van der Waals surface area (Å²) in [6.45, 7) is 0.542. The number of fused-ring (bicyclic) bond motifs is 1. The van der Waals surface area contributed by atoms with Gasteiger partial charge in [0.1, 0.15) is 5.75 Å². The molecule has 2 nitrogen and oxygen atoms in total. The van der Waals surface area contributed by atoms with Gasteiger partial charge in [-0.15, -0.1) is 0 Å². The van der Waals surface area contributed by atoms with Gasteiger partial charge in [-0.3, -0.25) is 0 Å². The highest BCUT2D eigenvalue weighted by Crippen LogP contribution is 2.39. The summed E-state index contributed by atoms with van der Waals surface area (Å²) in [5, 5.41) is 0. The fraction of sp³-hybridized carbons (Fsp3) is 0.250. The zero-order valence-corrected chi connectivity index (χ0v) is 11.2. The first kappa shape index (κ1) is 13.9. The summed E-state index contributed by atoms with van der Waals surface area (Å²) in [5.74, 6) is 0.627. The number of ether oxygens (including phenoxy) is 1. The standard InChI is InChI=1S/C16H14F3NO/c17-16(18,19)13-7-2-1-5-11(13)14(20)12-6-3-4-10-8-9-21-15(10)12/h1-7,14H,8-9,20H2. The highest BCUT2D eigenvalue weighted by Gasteiger charge is 2.35. The van der Waals surface area contributed by atoms with Crippen molar-refractivity contribution in [2.75, 3.05) is 6.61 Å². The van der Waals surface area contributed by atoms with Crippen molar-refractivity contribution >= 4 is 0 Å². The van der Waals surface area contributed by atoms with Crippen LogP contribution in [0.25, 0.3) is 0 Å². The minimum absolute atomic E-state index is 0.0638. The van der Waals surface area contributed by atoms with Gasteiger partial charge in [0.25, 0.3) is 0 Å². The van der Waals surface area contributed by atoms with Crippen LogP contribution in [-0.4, -0.2) is 6.61 Å². The third kappa shape index (κ3) is 2.49. The summed E-state index contributed by atoms with van der Waals surface area (Å²) in [6.07, 6.45) is -3.66. The van der Waals surface area contributed by atoms with Crippen LogP contribution in [0.4, 0.5) is 13.2 Å². The Labute approximate surface area is 120 Å². The van der Waals surface area contributed by atoms with E-state index in [1.165, 1.54) is 12.1 Å². The molecule has 0 amide bonds. The Kier molecular flexibility index (Phi) is 3.37. The number of halogens is 3. The van der Waals surface area contributed by atoms with Crippen molar-refractivity contribution in [3.05, 3.63) is 64.7 Å². The topological polar surface area (TPSA) is 35.2 Å². The van der Waals surface area contributed by atoms with Crippen molar-refractivity contribution in [2.24, 2.45) is 5.73 Å². The van der Waals surface area contributed by atoms with Gasteiger partial charge in [0.05, 0.1) is 18.2 Å². The van der Waals surface area contributed by atoms with E-state index in [9.17, 15) is 13.2 Å². The summed E-state index contributed by atoms with van der Waals surface area (Å²) < 4.78 is 44.9. The Balaban J connectivity index is 2.08. The number of nitrogens with two attached hydrogens (primary N) is 1. The predicted molar refractivity (Wildman–Crippen MR) is 73.1 cm³/mol. The summed E-state index contributed by atoms with van der Waals surface area (Å²) in [4.78, 5) is 0. The number of benzene rings is 2. The number of hydrogen-bond acceptors (Lipinski definition) is 2. The van der Waals surface area contributed by atoms with E-state index in [1.807, 2.05) is 6.07 Å². The number of alkyl halides is 3. The Bertz CT molecular complexity index is 667. The van der Waals surface area contributed by atoms with Gasteiger partial charge >= 0.3 is 6.18 Å². The van der Waals surface area contributed by atoms with Crippen LogP contribution in [0.3, 0.4) is 0 Å². The zero-order valence-electron chi connectivity index (χ0n) is 11.2. The number of para-hydroxylation sites is 1. The SMILES string of the molecule is NC(c1ccccc1C(F)(F)F)c1cccc2c1OCC2. The summed E-state index contributed by atoms with van der Waals surface area (Å²) in [5.41, 5.74) is 7.06. The zero-order chi connectivity index (χ0) is 15.0. The molecule has 3 rings (SSSR count). The van der Waals surface area contributed by atoms with Crippen molar-refractivity contribution in [3.63, 3.8) is 0 Å². The number of rotatable bonds is 2. The first-order valence-corrected chi connectivity index (χ1v) is 6.65. The molecule has 1 unspecified atom stereocenters. The van der Waals surface area contributed by atoms with Gasteiger partial charge in [-0.1, -0.05) is 36.4 Å². The second-order valence-electron chi connectivity index (χ2n) is 5.00. The quantitative estimate of drug-likeness (QED) is 0.916. The fourth-order valence-corrected chi connectivity index (χ4v) is 2.68. The van der Waals surface area contributed by atoms with E-state index >= 15 is 0 Å². The minimum atomic E-state index is -4.42. The molecule has 1 atom stereocenters. The molecule has 2 aromatic rings. The molecule has 2 N–H and O–H groups in total. The highest BCUT2D eigenvalue weighted by atomic mass is 19.4. The average molecular weight is 293 g/mol. The van der Waals surface area contributed by atoms with Gasteiger partial charge in [0, 0.05) is 12.0 Å². The second-order valence-corrected chi connectivity index (χ2v) is 5.00. The molecule has 2 aromatic carbocycles. The Morgan fingerprint density at radius 1 is 1.00 bits per heavy atom. The summed E-state index contributed by atoms with van der Waals surface area (Å²) in [7, 11) is 0. The van der Waals surface area contributed by atoms with E-state index in [1.54, 1.807) is 18.2 Å². The monoisotopic (exact) mass is 293 g/mol. The number of hydrogen-bond donors (Lipinski definition) is 1. The van der Waals surface area contributed by atoms with Crippen LogP contribution in [0.2, 0.25) is 0 Å². The molecule has 0 saturated carbocycles. The van der Waals surface area contributed by atoms with Crippen molar-refractivity contribution in [2.45, 2.75) is 18.6 Å². The van der Waals surface area contributed by atoms with Crippen LogP contribution in [-0.2, 0) is 12.6 Å². The van der Waals surface area contributed by atoms with Gasteiger partial charge in [0.2, 0.25) is 0 Å². The van der Waals surface area contributed by atoms with Gasteiger partial charge in [-0.2, -0.15) is 13.2 Å². The molecule has 0 saturated heterocycles. The molecule has 0 radical (unpaired) electrons. The lowest BCUT2D eigenvalue weighted by Gasteiger charge is -2.20. The third-order valence-electron chi connectivity index (χ3n) is 3.68. The van der Waals surface area contributed by atoms with Crippen LogP contribution in [0, 0.1) is 0 Å². The first-order valence-electron chi connectivity index (χ1n) is 6.65. The van der Waals surface area contributed by atoms with E-state index in [-0.39, 0.29) is 5.56 Å². The minimum Gasteiger partial charge on any atom is -0.493 e. The van der Waals surface area contributed by atoms with Gasteiger partial charge in [-0.05, 0) is 17.2 Å². The Morgan fingerprint density at radius 3 is 2.48 bits per heavy atom. The summed E-state index contributed by atoms with van der Waals surface area (Å²) in [6, 6.07) is 9.98. The van der Waals surface area contributed by atoms with Crippen LogP contribution < -0.4 is 10.5 Å². The lowest BCUT2D eigenvalue weighted by atomic mass is 9.93. The van der Waals surface area contributed by atoms with Crippen LogP contribution in [0.5, 0.6) is 5.75 Å². The maximum absolute atomic E-state index is 13.1. The van der Waals surface area contributed by atoms with E-state index in [2.05, 4.69) is 0 Å². The lowest BCUT2D eigenvalue weighted by Crippen LogP contribution is -2.19. The fourth-order valence-electron chi connectivity index (χ4n) is 2.68. The highest BCUT2D eigenvalue weighted by molar-refractivity contribution is 5.50. The second kappa shape index (κ2) is 5.07. The van der Waals surface area contributed by atoms with E-state index in [0.717, 1.165) is 18.1 Å². The molecule has 5 heteroatoms. The summed E-state index contributed by atoms with van der Waals surface area (Å²) >= 11 is 0. The molecule has 0 aliphatic carbocycles. The molecule has 0 bridgehead atoms. The van der Waals surface area contributed by atoms with E-state index in [0.29, 0.717) is 17.9 Å². The molecular weight excluding hydrogens is 279 g/mol. The van der Waals surface area contributed by atoms with Crippen molar-refractivity contribution < 1.29 is 17.9 Å². The van der Waals surface area contributed by atoms with E-state index in [4.69, 9.17) is 10.5 Å². The average Bonchev–Trinajstić information content (AvgIpc) is 2.94. The van der Waals surface area contributed by atoms with Gasteiger partial charge in [-0.25, -0.2) is 0 Å². The van der Waals surface area contributed by atoms with Crippen molar-refractivity contribution in [3.8, 4) is 5.75 Å². The van der Waals surface area contributed by atoms with Crippen molar-refractivity contribution in [1.29, 1.82) is 0 Å². The molecule has 0 fully saturated rings.